The molecule has 3 heteroatoms. The van der Waals surface area contributed by atoms with Gasteiger partial charge in [-0.25, -0.2) is 0 Å². The summed E-state index contributed by atoms with van der Waals surface area (Å²) in [5.41, 5.74) is 8.32. The Bertz CT molecular complexity index is 376. The van der Waals surface area contributed by atoms with Crippen molar-refractivity contribution < 1.29 is 0 Å². The second-order valence-electron chi connectivity index (χ2n) is 5.75. The summed E-state index contributed by atoms with van der Waals surface area (Å²) < 4.78 is 0. The van der Waals surface area contributed by atoms with Crippen LogP contribution >= 0.6 is 12.4 Å². The first-order valence-corrected chi connectivity index (χ1v) is 6.07. The molecule has 1 aromatic carbocycles. The highest BCUT2D eigenvalue weighted by atomic mass is 35.5. The SMILES string of the molecule is CC1CN(Cc2cccc(N)c2)C(C)(C)C1.Cl. The van der Waals surface area contributed by atoms with Crippen LogP contribution in [-0.4, -0.2) is 17.0 Å². The lowest BCUT2D eigenvalue weighted by Gasteiger charge is -2.31. The first-order chi connectivity index (χ1) is 7.47. The Kier molecular flexibility index (Phi) is 4.45. The molecule has 0 aromatic heterocycles. The number of nitrogens with zero attached hydrogens (tertiary/aromatic N) is 1. The number of nitrogens with two attached hydrogens (primary N) is 1. The van der Waals surface area contributed by atoms with Gasteiger partial charge in [-0.15, -0.1) is 12.4 Å². The van der Waals surface area contributed by atoms with Crippen LogP contribution in [-0.2, 0) is 6.54 Å². The van der Waals surface area contributed by atoms with E-state index in [9.17, 15) is 0 Å². The molecule has 0 spiro atoms. The minimum atomic E-state index is 0. The predicted molar refractivity (Wildman–Crippen MR) is 76.4 cm³/mol. The van der Waals surface area contributed by atoms with E-state index in [1.54, 1.807) is 0 Å². The van der Waals surface area contributed by atoms with E-state index in [4.69, 9.17) is 5.73 Å². The zero-order chi connectivity index (χ0) is 11.8. The van der Waals surface area contributed by atoms with Gasteiger partial charge in [0.25, 0.3) is 0 Å². The van der Waals surface area contributed by atoms with E-state index in [1.807, 2.05) is 12.1 Å². The van der Waals surface area contributed by atoms with Crippen LogP contribution in [0.4, 0.5) is 5.69 Å². The van der Waals surface area contributed by atoms with Crippen LogP contribution in [0.5, 0.6) is 0 Å². The summed E-state index contributed by atoms with van der Waals surface area (Å²) in [5, 5.41) is 0. The van der Waals surface area contributed by atoms with E-state index in [1.165, 1.54) is 18.5 Å². The number of rotatable bonds is 2. The van der Waals surface area contributed by atoms with Crippen LogP contribution in [0.25, 0.3) is 0 Å². The minimum Gasteiger partial charge on any atom is -0.399 e. The van der Waals surface area contributed by atoms with E-state index in [-0.39, 0.29) is 12.4 Å². The van der Waals surface area contributed by atoms with Crippen molar-refractivity contribution in [2.75, 3.05) is 12.3 Å². The Balaban J connectivity index is 0.00000144. The fourth-order valence-corrected chi connectivity index (χ4v) is 2.86. The highest BCUT2D eigenvalue weighted by molar-refractivity contribution is 5.85. The van der Waals surface area contributed by atoms with Crippen molar-refractivity contribution in [3.8, 4) is 0 Å². The smallest absolute Gasteiger partial charge is 0.0317 e. The Hall–Kier alpha value is -0.730. The molecule has 17 heavy (non-hydrogen) atoms. The maximum atomic E-state index is 5.81. The van der Waals surface area contributed by atoms with Crippen LogP contribution in [0, 0.1) is 5.92 Å². The molecule has 0 amide bonds. The van der Waals surface area contributed by atoms with Gasteiger partial charge in [-0.1, -0.05) is 19.1 Å². The number of nitrogen functional groups attached to an aromatic ring is 1. The molecule has 1 aromatic rings. The Morgan fingerprint density at radius 3 is 2.65 bits per heavy atom. The summed E-state index contributed by atoms with van der Waals surface area (Å²) in [7, 11) is 0. The molecule has 0 radical (unpaired) electrons. The number of benzene rings is 1. The first-order valence-electron chi connectivity index (χ1n) is 6.07. The molecule has 96 valence electrons. The van der Waals surface area contributed by atoms with Crippen molar-refractivity contribution >= 4 is 18.1 Å². The van der Waals surface area contributed by atoms with Crippen molar-refractivity contribution in [1.82, 2.24) is 4.90 Å². The number of hydrogen-bond donors (Lipinski definition) is 1. The lowest BCUT2D eigenvalue weighted by Crippen LogP contribution is -2.37. The molecule has 0 aliphatic carbocycles. The Morgan fingerprint density at radius 2 is 2.12 bits per heavy atom. The van der Waals surface area contributed by atoms with Gasteiger partial charge in [-0.2, -0.15) is 0 Å². The molecule has 1 heterocycles. The van der Waals surface area contributed by atoms with Gasteiger partial charge in [0.15, 0.2) is 0 Å². The van der Waals surface area contributed by atoms with Crippen LogP contribution in [0.1, 0.15) is 32.8 Å². The highest BCUT2D eigenvalue weighted by Gasteiger charge is 2.35. The van der Waals surface area contributed by atoms with E-state index < -0.39 is 0 Å². The second kappa shape index (κ2) is 5.28. The summed E-state index contributed by atoms with van der Waals surface area (Å²) >= 11 is 0. The summed E-state index contributed by atoms with van der Waals surface area (Å²) in [6.07, 6.45) is 1.29. The molecule has 0 saturated carbocycles. The van der Waals surface area contributed by atoms with Gasteiger partial charge in [-0.05, 0) is 43.9 Å². The maximum Gasteiger partial charge on any atom is 0.0317 e. The molecule has 2 N–H and O–H groups in total. The molecule has 1 aliphatic heterocycles. The summed E-state index contributed by atoms with van der Waals surface area (Å²) in [6.45, 7) is 9.22. The van der Waals surface area contributed by atoms with Gasteiger partial charge in [0.2, 0.25) is 0 Å². The van der Waals surface area contributed by atoms with Gasteiger partial charge < -0.3 is 5.73 Å². The zero-order valence-electron chi connectivity index (χ0n) is 10.9. The molecule has 1 unspecified atom stereocenters. The van der Waals surface area contributed by atoms with Crippen molar-refractivity contribution in [2.45, 2.75) is 39.3 Å². The van der Waals surface area contributed by atoms with E-state index in [0.29, 0.717) is 5.54 Å². The Morgan fingerprint density at radius 1 is 1.41 bits per heavy atom. The third-order valence-corrected chi connectivity index (χ3v) is 3.56. The molecular formula is C14H23ClN2. The van der Waals surface area contributed by atoms with Gasteiger partial charge in [-0.3, -0.25) is 4.90 Å². The van der Waals surface area contributed by atoms with Crippen LogP contribution in [0.2, 0.25) is 0 Å². The third kappa shape index (κ3) is 3.36. The van der Waals surface area contributed by atoms with Gasteiger partial charge >= 0.3 is 0 Å². The summed E-state index contributed by atoms with van der Waals surface area (Å²) in [5.74, 6) is 0.802. The fourth-order valence-electron chi connectivity index (χ4n) is 2.86. The van der Waals surface area contributed by atoms with Crippen molar-refractivity contribution in [3.63, 3.8) is 0 Å². The molecule has 1 atom stereocenters. The van der Waals surface area contributed by atoms with E-state index in [2.05, 4.69) is 37.8 Å². The average Bonchev–Trinajstić information content (AvgIpc) is 2.39. The van der Waals surface area contributed by atoms with Crippen LogP contribution in [0.15, 0.2) is 24.3 Å². The van der Waals surface area contributed by atoms with Crippen LogP contribution < -0.4 is 5.73 Å². The van der Waals surface area contributed by atoms with Crippen LogP contribution in [0.3, 0.4) is 0 Å². The molecule has 1 aliphatic rings. The largest absolute Gasteiger partial charge is 0.399 e. The lowest BCUT2D eigenvalue weighted by molar-refractivity contribution is 0.166. The number of halogens is 1. The zero-order valence-corrected chi connectivity index (χ0v) is 11.8. The lowest BCUT2D eigenvalue weighted by atomic mass is 9.97. The summed E-state index contributed by atoms with van der Waals surface area (Å²) in [4.78, 5) is 2.56. The van der Waals surface area contributed by atoms with Crippen molar-refractivity contribution in [1.29, 1.82) is 0 Å². The monoisotopic (exact) mass is 254 g/mol. The first kappa shape index (κ1) is 14.3. The highest BCUT2D eigenvalue weighted by Crippen LogP contribution is 2.33. The predicted octanol–water partition coefficient (Wildman–Crippen LogP) is 3.31. The van der Waals surface area contributed by atoms with Gasteiger partial charge in [0, 0.05) is 24.3 Å². The molecule has 2 rings (SSSR count). The molecule has 2 nitrogen and oxygen atoms in total. The Labute approximate surface area is 111 Å². The van der Waals surface area contributed by atoms with E-state index in [0.717, 1.165) is 18.2 Å². The number of hydrogen-bond acceptors (Lipinski definition) is 2. The van der Waals surface area contributed by atoms with Crippen molar-refractivity contribution in [2.24, 2.45) is 5.92 Å². The number of anilines is 1. The number of likely N-dealkylation sites (tertiary alicyclic amines) is 1. The molecule has 1 fully saturated rings. The third-order valence-electron chi connectivity index (χ3n) is 3.56. The fraction of sp³-hybridized carbons (Fsp3) is 0.571. The minimum absolute atomic E-state index is 0. The topological polar surface area (TPSA) is 29.3 Å². The maximum absolute atomic E-state index is 5.81. The molecule has 0 bridgehead atoms. The summed E-state index contributed by atoms with van der Waals surface area (Å²) in [6, 6.07) is 8.23. The molecular weight excluding hydrogens is 232 g/mol. The quantitative estimate of drug-likeness (QED) is 0.821. The van der Waals surface area contributed by atoms with E-state index >= 15 is 0 Å². The van der Waals surface area contributed by atoms with Gasteiger partial charge in [0.05, 0.1) is 0 Å². The van der Waals surface area contributed by atoms with Crippen molar-refractivity contribution in [3.05, 3.63) is 29.8 Å². The normalized spacial score (nSPS) is 23.4. The second-order valence-corrected chi connectivity index (χ2v) is 5.75. The standard InChI is InChI=1S/C14H22N2.ClH/c1-11-8-14(2,3)16(9-11)10-12-5-4-6-13(15)7-12;/h4-7,11H,8-10,15H2,1-3H3;1H. The van der Waals surface area contributed by atoms with Gasteiger partial charge in [0.1, 0.15) is 0 Å². The molecule has 1 saturated heterocycles. The average molecular weight is 255 g/mol.